The second-order valence-electron chi connectivity index (χ2n) is 8.28. The van der Waals surface area contributed by atoms with Gasteiger partial charge in [-0.1, -0.05) is 19.9 Å². The molecule has 1 aliphatic heterocycles. The Hall–Kier alpha value is -2.66. The average molecular weight is 374 g/mol. The molecule has 0 bridgehead atoms. The maximum atomic E-state index is 4.63. The highest BCUT2D eigenvalue weighted by molar-refractivity contribution is 5.97. The van der Waals surface area contributed by atoms with Gasteiger partial charge in [0.15, 0.2) is 5.65 Å². The summed E-state index contributed by atoms with van der Waals surface area (Å²) in [5, 5.41) is 4.82. The largest absolute Gasteiger partial charge is 0.354 e. The van der Waals surface area contributed by atoms with Crippen LogP contribution in [-0.2, 0) is 7.05 Å². The van der Waals surface area contributed by atoms with Crippen molar-refractivity contribution in [2.24, 2.45) is 7.05 Å². The average Bonchev–Trinajstić information content (AvgIpc) is 3.29. The lowest BCUT2D eigenvalue weighted by atomic mass is 9.88. The van der Waals surface area contributed by atoms with Crippen molar-refractivity contribution in [2.45, 2.75) is 38.5 Å². The SMILES string of the molecule is CC(C)c1c(-c2ccnc3c2ncn3C)[nH]c2ccc(C3CCNCC3)cc12. The molecular formula is C23H27N5. The topological polar surface area (TPSA) is 58.5 Å². The first-order chi connectivity index (χ1) is 13.6. The minimum atomic E-state index is 0.416. The summed E-state index contributed by atoms with van der Waals surface area (Å²) in [4.78, 5) is 12.8. The van der Waals surface area contributed by atoms with E-state index in [4.69, 9.17) is 0 Å². The van der Waals surface area contributed by atoms with Gasteiger partial charge < -0.3 is 14.9 Å². The van der Waals surface area contributed by atoms with Gasteiger partial charge in [0.2, 0.25) is 0 Å². The lowest BCUT2D eigenvalue weighted by Crippen LogP contribution is -2.26. The molecule has 1 saturated heterocycles. The zero-order valence-corrected chi connectivity index (χ0v) is 16.8. The number of H-pyrrole nitrogens is 1. The molecule has 1 aromatic carbocycles. The van der Waals surface area contributed by atoms with Gasteiger partial charge in [-0.25, -0.2) is 9.97 Å². The summed E-state index contributed by atoms with van der Waals surface area (Å²) in [5.74, 6) is 1.08. The summed E-state index contributed by atoms with van der Waals surface area (Å²) in [6, 6.07) is 9.08. The molecule has 0 spiro atoms. The van der Waals surface area contributed by atoms with Gasteiger partial charge in [0, 0.05) is 29.7 Å². The Balaban J connectivity index is 1.71. The summed E-state index contributed by atoms with van der Waals surface area (Å²) in [6.07, 6.45) is 6.17. The second kappa shape index (κ2) is 6.74. The van der Waals surface area contributed by atoms with Crippen LogP contribution in [-0.4, -0.2) is 32.6 Å². The number of piperidine rings is 1. The molecule has 5 heteroatoms. The van der Waals surface area contributed by atoms with Crippen LogP contribution < -0.4 is 5.32 Å². The molecule has 28 heavy (non-hydrogen) atoms. The summed E-state index contributed by atoms with van der Waals surface area (Å²) in [6.45, 7) is 6.79. The van der Waals surface area contributed by atoms with E-state index in [2.05, 4.69) is 58.4 Å². The fraction of sp³-hybridized carbons (Fsp3) is 0.391. The summed E-state index contributed by atoms with van der Waals surface area (Å²) < 4.78 is 1.98. The summed E-state index contributed by atoms with van der Waals surface area (Å²) >= 11 is 0. The third kappa shape index (κ3) is 2.73. The van der Waals surface area contributed by atoms with Crippen LogP contribution in [0.1, 0.15) is 49.7 Å². The van der Waals surface area contributed by atoms with Crippen molar-refractivity contribution in [3.8, 4) is 11.3 Å². The Labute approximate surface area is 165 Å². The van der Waals surface area contributed by atoms with Gasteiger partial charge in [0.1, 0.15) is 5.52 Å². The van der Waals surface area contributed by atoms with Gasteiger partial charge in [-0.3, -0.25) is 0 Å². The second-order valence-corrected chi connectivity index (χ2v) is 8.28. The molecule has 5 nitrogen and oxygen atoms in total. The molecule has 0 unspecified atom stereocenters. The molecule has 2 N–H and O–H groups in total. The normalized spacial score (nSPS) is 15.9. The van der Waals surface area contributed by atoms with E-state index < -0.39 is 0 Å². The molecule has 0 saturated carbocycles. The van der Waals surface area contributed by atoms with Crippen LogP contribution in [0.5, 0.6) is 0 Å². The number of aromatic nitrogens is 4. The van der Waals surface area contributed by atoms with Crippen molar-refractivity contribution < 1.29 is 0 Å². The smallest absolute Gasteiger partial charge is 0.160 e. The first-order valence-electron chi connectivity index (χ1n) is 10.3. The molecule has 5 rings (SSSR count). The van der Waals surface area contributed by atoms with E-state index in [1.165, 1.54) is 40.6 Å². The molecule has 0 aliphatic carbocycles. The number of rotatable bonds is 3. The van der Waals surface area contributed by atoms with Crippen LogP contribution >= 0.6 is 0 Å². The molecule has 0 amide bonds. The van der Waals surface area contributed by atoms with Crippen LogP contribution in [0.25, 0.3) is 33.3 Å². The van der Waals surface area contributed by atoms with E-state index in [0.29, 0.717) is 11.8 Å². The maximum absolute atomic E-state index is 4.63. The summed E-state index contributed by atoms with van der Waals surface area (Å²) in [7, 11) is 1.99. The zero-order valence-electron chi connectivity index (χ0n) is 16.8. The van der Waals surface area contributed by atoms with Gasteiger partial charge >= 0.3 is 0 Å². The van der Waals surface area contributed by atoms with E-state index in [-0.39, 0.29) is 0 Å². The van der Waals surface area contributed by atoms with Crippen LogP contribution in [0.15, 0.2) is 36.8 Å². The Morgan fingerprint density at radius 2 is 1.93 bits per heavy atom. The number of nitrogens with zero attached hydrogens (tertiary/aromatic N) is 3. The third-order valence-corrected chi connectivity index (χ3v) is 6.12. The van der Waals surface area contributed by atoms with Crippen molar-refractivity contribution in [3.05, 3.63) is 47.9 Å². The van der Waals surface area contributed by atoms with Crippen LogP contribution in [0.2, 0.25) is 0 Å². The molecule has 0 atom stereocenters. The standard InChI is InChI=1S/C23H27N5/c1-14(2)20-18-12-16(15-6-9-24-10-7-15)4-5-19(18)27-21(20)17-8-11-25-23-22(17)26-13-28(23)3/h4-5,8,11-15,24,27H,6-7,9-10H2,1-3H3. The fourth-order valence-corrected chi connectivity index (χ4v) is 4.68. The van der Waals surface area contributed by atoms with Crippen LogP contribution in [0.3, 0.4) is 0 Å². The van der Waals surface area contributed by atoms with Crippen LogP contribution in [0, 0.1) is 0 Å². The number of imidazole rings is 1. The predicted molar refractivity (Wildman–Crippen MR) is 115 cm³/mol. The Kier molecular flexibility index (Phi) is 4.20. The van der Waals surface area contributed by atoms with Gasteiger partial charge in [-0.05, 0) is 67.1 Å². The quantitative estimate of drug-likeness (QED) is 0.547. The minimum Gasteiger partial charge on any atom is -0.354 e. The van der Waals surface area contributed by atoms with Crippen molar-refractivity contribution in [3.63, 3.8) is 0 Å². The number of aromatic amines is 1. The molecule has 0 radical (unpaired) electrons. The van der Waals surface area contributed by atoms with E-state index in [1.54, 1.807) is 0 Å². The fourth-order valence-electron chi connectivity index (χ4n) is 4.68. The van der Waals surface area contributed by atoms with Gasteiger partial charge in [0.05, 0.1) is 12.0 Å². The predicted octanol–water partition coefficient (Wildman–Crippen LogP) is 4.71. The highest BCUT2D eigenvalue weighted by atomic mass is 15.1. The number of nitrogens with one attached hydrogen (secondary N) is 2. The van der Waals surface area contributed by atoms with Crippen molar-refractivity contribution in [1.29, 1.82) is 0 Å². The lowest BCUT2D eigenvalue weighted by molar-refractivity contribution is 0.460. The monoisotopic (exact) mass is 373 g/mol. The first kappa shape index (κ1) is 17.4. The molecule has 1 fully saturated rings. The number of benzene rings is 1. The molecule has 4 aromatic rings. The molecule has 3 aromatic heterocycles. The highest BCUT2D eigenvalue weighted by Crippen LogP contribution is 2.39. The van der Waals surface area contributed by atoms with Gasteiger partial charge in [-0.2, -0.15) is 0 Å². The van der Waals surface area contributed by atoms with Gasteiger partial charge in [0.25, 0.3) is 0 Å². The zero-order chi connectivity index (χ0) is 19.3. The Morgan fingerprint density at radius 1 is 1.11 bits per heavy atom. The number of pyridine rings is 1. The van der Waals surface area contributed by atoms with Crippen molar-refractivity contribution in [1.82, 2.24) is 24.8 Å². The van der Waals surface area contributed by atoms with E-state index in [0.717, 1.165) is 29.8 Å². The number of hydrogen-bond donors (Lipinski definition) is 2. The van der Waals surface area contributed by atoms with E-state index in [1.807, 2.05) is 24.1 Å². The van der Waals surface area contributed by atoms with E-state index in [9.17, 15) is 0 Å². The molecular weight excluding hydrogens is 346 g/mol. The minimum absolute atomic E-state index is 0.416. The van der Waals surface area contributed by atoms with Crippen LogP contribution in [0.4, 0.5) is 0 Å². The maximum Gasteiger partial charge on any atom is 0.160 e. The molecule has 4 heterocycles. The highest BCUT2D eigenvalue weighted by Gasteiger charge is 2.21. The first-order valence-corrected chi connectivity index (χ1v) is 10.3. The lowest BCUT2D eigenvalue weighted by Gasteiger charge is -2.23. The van der Waals surface area contributed by atoms with E-state index >= 15 is 0 Å². The summed E-state index contributed by atoms with van der Waals surface area (Å²) in [5.41, 5.74) is 8.24. The molecule has 144 valence electrons. The van der Waals surface area contributed by atoms with Crippen molar-refractivity contribution >= 4 is 22.1 Å². The molecule has 1 aliphatic rings. The third-order valence-electron chi connectivity index (χ3n) is 6.12. The number of aryl methyl sites for hydroxylation is 1. The number of hydrogen-bond acceptors (Lipinski definition) is 3. The van der Waals surface area contributed by atoms with Crippen molar-refractivity contribution in [2.75, 3.05) is 13.1 Å². The van der Waals surface area contributed by atoms with Gasteiger partial charge in [-0.15, -0.1) is 0 Å². The Bertz CT molecular complexity index is 1140. The number of fused-ring (bicyclic) bond motifs is 2. The Morgan fingerprint density at radius 3 is 2.71 bits per heavy atom.